The van der Waals surface area contributed by atoms with Crippen LogP contribution in [-0.4, -0.2) is 39.2 Å². The number of nitrogens with one attached hydrogen (secondary N) is 1. The van der Waals surface area contributed by atoms with Crippen LogP contribution in [-0.2, 0) is 14.3 Å². The molecule has 0 saturated carbocycles. The van der Waals surface area contributed by atoms with Crippen LogP contribution in [0.2, 0.25) is 0 Å². The van der Waals surface area contributed by atoms with Gasteiger partial charge in [-0.15, -0.1) is 0 Å². The molecule has 0 atom stereocenters. The molecule has 1 amide bonds. The third-order valence-corrected chi connectivity index (χ3v) is 2.87. The van der Waals surface area contributed by atoms with Crippen molar-refractivity contribution < 1.29 is 23.8 Å². The summed E-state index contributed by atoms with van der Waals surface area (Å²) in [6.45, 7) is 4.23. The van der Waals surface area contributed by atoms with E-state index in [9.17, 15) is 9.59 Å². The van der Waals surface area contributed by atoms with Crippen molar-refractivity contribution in [3.63, 3.8) is 0 Å². The summed E-state index contributed by atoms with van der Waals surface area (Å²) in [5, 5.41) is 2.67. The van der Waals surface area contributed by atoms with E-state index >= 15 is 0 Å². The van der Waals surface area contributed by atoms with Crippen molar-refractivity contribution in [1.29, 1.82) is 0 Å². The van der Waals surface area contributed by atoms with Crippen molar-refractivity contribution in [2.24, 2.45) is 5.92 Å². The second-order valence-electron chi connectivity index (χ2n) is 5.25. The molecule has 23 heavy (non-hydrogen) atoms. The van der Waals surface area contributed by atoms with Gasteiger partial charge in [-0.3, -0.25) is 4.79 Å². The Balaban J connectivity index is 2.50. The molecule has 1 N–H and O–H groups in total. The quantitative estimate of drug-likeness (QED) is 0.586. The number of carbonyl (C=O) groups is 2. The number of ether oxygens (including phenoxy) is 3. The van der Waals surface area contributed by atoms with Gasteiger partial charge >= 0.3 is 5.97 Å². The van der Waals surface area contributed by atoms with Crippen molar-refractivity contribution >= 4 is 18.0 Å². The third-order valence-electron chi connectivity index (χ3n) is 2.87. The minimum absolute atomic E-state index is 0.290. The van der Waals surface area contributed by atoms with Gasteiger partial charge in [-0.25, -0.2) is 4.79 Å². The zero-order chi connectivity index (χ0) is 17.2. The molecule has 0 spiro atoms. The number of benzene rings is 1. The molecule has 0 aliphatic rings. The third kappa shape index (κ3) is 6.86. The number of methoxy groups -OCH3 is 2. The largest absolute Gasteiger partial charge is 0.493 e. The predicted octanol–water partition coefficient (Wildman–Crippen LogP) is 2.03. The van der Waals surface area contributed by atoms with E-state index in [0.717, 1.165) is 5.56 Å². The number of esters is 1. The molecule has 0 aromatic heterocycles. The summed E-state index contributed by atoms with van der Waals surface area (Å²) in [5.41, 5.74) is 0.754. The maximum atomic E-state index is 11.6. The highest BCUT2D eigenvalue weighted by Gasteiger charge is 2.06. The summed E-state index contributed by atoms with van der Waals surface area (Å²) in [6, 6.07) is 5.25. The average Bonchev–Trinajstić information content (AvgIpc) is 2.55. The minimum Gasteiger partial charge on any atom is -0.493 e. The van der Waals surface area contributed by atoms with Gasteiger partial charge in [0.05, 0.1) is 14.2 Å². The Morgan fingerprint density at radius 1 is 1.17 bits per heavy atom. The first-order valence-corrected chi connectivity index (χ1v) is 7.29. The van der Waals surface area contributed by atoms with Gasteiger partial charge in [0, 0.05) is 12.6 Å². The Labute approximate surface area is 136 Å². The first-order chi connectivity index (χ1) is 11.0. The van der Waals surface area contributed by atoms with Gasteiger partial charge in [-0.2, -0.15) is 0 Å². The Kier molecular flexibility index (Phi) is 7.66. The fourth-order valence-corrected chi connectivity index (χ4v) is 1.67. The van der Waals surface area contributed by atoms with Crippen LogP contribution in [0.25, 0.3) is 6.08 Å². The maximum Gasteiger partial charge on any atom is 0.331 e. The van der Waals surface area contributed by atoms with E-state index in [4.69, 9.17) is 14.2 Å². The van der Waals surface area contributed by atoms with Crippen LogP contribution in [0.3, 0.4) is 0 Å². The standard InChI is InChI=1S/C17H23NO5/c1-12(2)10-18-16(19)11-23-17(20)8-6-13-5-7-14(21-3)15(9-13)22-4/h5-9,12H,10-11H2,1-4H3,(H,18,19). The summed E-state index contributed by atoms with van der Waals surface area (Å²) >= 11 is 0. The molecule has 0 heterocycles. The van der Waals surface area contributed by atoms with Crippen molar-refractivity contribution in [3.05, 3.63) is 29.8 Å². The molecule has 0 aliphatic heterocycles. The molecule has 0 radical (unpaired) electrons. The average molecular weight is 321 g/mol. The van der Waals surface area contributed by atoms with E-state index in [1.807, 2.05) is 13.8 Å². The van der Waals surface area contributed by atoms with Gasteiger partial charge in [0.15, 0.2) is 18.1 Å². The second-order valence-corrected chi connectivity index (χ2v) is 5.25. The van der Waals surface area contributed by atoms with Gasteiger partial charge in [0.1, 0.15) is 0 Å². The normalized spacial score (nSPS) is 10.7. The van der Waals surface area contributed by atoms with E-state index in [1.165, 1.54) is 13.2 Å². The summed E-state index contributed by atoms with van der Waals surface area (Å²) in [7, 11) is 3.09. The lowest BCUT2D eigenvalue weighted by Gasteiger charge is -2.08. The maximum absolute atomic E-state index is 11.6. The molecule has 0 fully saturated rings. The Hall–Kier alpha value is -2.50. The Bertz CT molecular complexity index is 566. The van der Waals surface area contributed by atoms with Crippen LogP contribution >= 0.6 is 0 Å². The van der Waals surface area contributed by atoms with Crippen molar-refractivity contribution in [2.75, 3.05) is 27.4 Å². The highest BCUT2D eigenvalue weighted by atomic mass is 16.5. The van der Waals surface area contributed by atoms with Crippen LogP contribution < -0.4 is 14.8 Å². The molecule has 1 aromatic rings. The van der Waals surface area contributed by atoms with Crippen LogP contribution in [0.5, 0.6) is 11.5 Å². The lowest BCUT2D eigenvalue weighted by Crippen LogP contribution is -2.31. The number of hydrogen-bond donors (Lipinski definition) is 1. The molecular weight excluding hydrogens is 298 g/mol. The molecule has 6 nitrogen and oxygen atoms in total. The zero-order valence-corrected chi connectivity index (χ0v) is 13.9. The highest BCUT2D eigenvalue weighted by Crippen LogP contribution is 2.27. The van der Waals surface area contributed by atoms with Crippen LogP contribution in [0, 0.1) is 5.92 Å². The monoisotopic (exact) mass is 321 g/mol. The van der Waals surface area contributed by atoms with Crippen molar-refractivity contribution in [2.45, 2.75) is 13.8 Å². The van der Waals surface area contributed by atoms with Gasteiger partial charge in [0.2, 0.25) is 0 Å². The summed E-state index contributed by atoms with van der Waals surface area (Å²) in [4.78, 5) is 23.0. The van der Waals surface area contributed by atoms with Crippen molar-refractivity contribution in [3.8, 4) is 11.5 Å². The molecule has 0 bridgehead atoms. The predicted molar refractivity (Wildman–Crippen MR) is 87.4 cm³/mol. The molecule has 1 aromatic carbocycles. The van der Waals surface area contributed by atoms with E-state index in [-0.39, 0.29) is 12.5 Å². The molecular formula is C17H23NO5. The van der Waals surface area contributed by atoms with Gasteiger partial charge in [0.25, 0.3) is 5.91 Å². The lowest BCUT2D eigenvalue weighted by molar-refractivity contribution is -0.143. The minimum atomic E-state index is -0.584. The second kappa shape index (κ2) is 9.50. The summed E-state index contributed by atoms with van der Waals surface area (Å²) < 4.78 is 15.2. The smallest absolute Gasteiger partial charge is 0.331 e. The zero-order valence-electron chi connectivity index (χ0n) is 13.9. The van der Waals surface area contributed by atoms with E-state index in [0.29, 0.717) is 24.0 Å². The summed E-state index contributed by atoms with van der Waals surface area (Å²) in [6.07, 6.45) is 2.84. The highest BCUT2D eigenvalue weighted by molar-refractivity contribution is 5.89. The number of rotatable bonds is 8. The lowest BCUT2D eigenvalue weighted by atomic mass is 10.2. The molecule has 6 heteroatoms. The molecule has 0 unspecified atom stereocenters. The van der Waals surface area contributed by atoms with Crippen molar-refractivity contribution in [1.82, 2.24) is 5.32 Å². The van der Waals surface area contributed by atoms with Gasteiger partial charge < -0.3 is 19.5 Å². The van der Waals surface area contributed by atoms with Crippen LogP contribution in [0.1, 0.15) is 19.4 Å². The van der Waals surface area contributed by atoms with Crippen LogP contribution in [0.15, 0.2) is 24.3 Å². The number of amides is 1. The number of hydrogen-bond acceptors (Lipinski definition) is 5. The molecule has 126 valence electrons. The van der Waals surface area contributed by atoms with Gasteiger partial charge in [-0.05, 0) is 29.7 Å². The Morgan fingerprint density at radius 2 is 1.87 bits per heavy atom. The van der Waals surface area contributed by atoms with E-state index in [1.54, 1.807) is 31.4 Å². The number of carbonyl (C=O) groups excluding carboxylic acids is 2. The SMILES string of the molecule is COc1ccc(C=CC(=O)OCC(=O)NCC(C)C)cc1OC. The van der Waals surface area contributed by atoms with Gasteiger partial charge in [-0.1, -0.05) is 19.9 Å². The van der Waals surface area contributed by atoms with E-state index in [2.05, 4.69) is 5.32 Å². The fraction of sp³-hybridized carbons (Fsp3) is 0.412. The first kappa shape index (κ1) is 18.5. The van der Waals surface area contributed by atoms with Crippen LogP contribution in [0.4, 0.5) is 0 Å². The molecule has 0 saturated heterocycles. The first-order valence-electron chi connectivity index (χ1n) is 7.29. The van der Waals surface area contributed by atoms with E-state index < -0.39 is 5.97 Å². The molecule has 1 rings (SSSR count). The summed E-state index contributed by atoms with van der Waals surface area (Å²) in [5.74, 6) is 0.621. The topological polar surface area (TPSA) is 73.9 Å². The fourth-order valence-electron chi connectivity index (χ4n) is 1.67. The molecule has 0 aliphatic carbocycles. The Morgan fingerprint density at radius 3 is 2.48 bits per heavy atom.